The molecule has 4 aromatic carbocycles. The number of hydrazine groups is 2. The molecule has 7 nitrogen and oxygen atoms in total. The predicted molar refractivity (Wildman–Crippen MR) is 125 cm³/mol. The van der Waals surface area contributed by atoms with Crippen molar-refractivity contribution in [1.29, 1.82) is 0 Å². The summed E-state index contributed by atoms with van der Waals surface area (Å²) in [6, 6.07) is 30.3. The maximum Gasteiger partial charge on any atom is 0.269 e. The van der Waals surface area contributed by atoms with Gasteiger partial charge in [-0.3, -0.25) is 15.5 Å². The molecule has 0 aromatic heterocycles. The minimum Gasteiger partial charge on any atom is -0.259 e. The minimum absolute atomic E-state index is 0. The molecule has 0 spiro atoms. The van der Waals surface area contributed by atoms with Gasteiger partial charge in [-0.2, -0.15) is 10.2 Å². The smallest absolute Gasteiger partial charge is 0.259 e. The van der Waals surface area contributed by atoms with Crippen LogP contribution in [0.2, 0.25) is 0 Å². The van der Waals surface area contributed by atoms with Gasteiger partial charge in [0.25, 0.3) is 5.69 Å². The van der Waals surface area contributed by atoms with Gasteiger partial charge in [0.15, 0.2) is 5.84 Å². The number of hydrogen-bond acceptors (Lipinski definition) is 6. The van der Waals surface area contributed by atoms with Crippen molar-refractivity contribution < 1.29 is 4.92 Å². The summed E-state index contributed by atoms with van der Waals surface area (Å²) in [5.41, 5.74) is 5.97. The van der Waals surface area contributed by atoms with Crippen molar-refractivity contribution >= 4 is 46.1 Å². The lowest BCUT2D eigenvalue weighted by atomic mass is 10.1. The number of nitro benzene ring substituents is 1. The summed E-state index contributed by atoms with van der Waals surface area (Å²) in [6.45, 7) is 0. The predicted octanol–water partition coefficient (Wildman–Crippen LogP) is 5.28. The number of fused-ring (bicyclic) bond motifs is 1. The normalized spacial score (nSPS) is 12.8. The van der Waals surface area contributed by atoms with Gasteiger partial charge < -0.3 is 0 Å². The Hall–Kier alpha value is -4.10. The molecule has 0 bridgehead atoms. The maximum absolute atomic E-state index is 11.0. The number of rotatable bonds is 4. The SMILES string of the molecule is Cl.O=[N+]([O-])c1ccc(N2N=C(c3ccccc3)NN2c2cccc3ccccc23)cc1. The molecule has 31 heavy (non-hydrogen) atoms. The van der Waals surface area contributed by atoms with E-state index in [0.717, 1.165) is 22.0 Å². The Morgan fingerprint density at radius 2 is 1.48 bits per heavy atom. The molecule has 0 radical (unpaired) electrons. The number of anilines is 2. The first-order valence-electron chi connectivity index (χ1n) is 9.44. The lowest BCUT2D eigenvalue weighted by Crippen LogP contribution is -2.44. The molecule has 0 amide bonds. The van der Waals surface area contributed by atoms with Gasteiger partial charge in [0.1, 0.15) is 0 Å². The highest BCUT2D eigenvalue weighted by atomic mass is 35.5. The van der Waals surface area contributed by atoms with Crippen molar-refractivity contribution in [3.63, 3.8) is 0 Å². The second-order valence-corrected chi connectivity index (χ2v) is 6.80. The highest BCUT2D eigenvalue weighted by molar-refractivity contribution is 6.04. The standard InChI is InChI=1S/C23H17N5O2.ClH/c29-28(30)20-15-13-19(14-16-20)26-24-23(18-8-2-1-3-9-18)25-27(26)22-12-6-10-17-7-4-5-11-21(17)22;/h1-16H,(H,24,25);1H. The van der Waals surface area contributed by atoms with Crippen molar-refractivity contribution in [1.82, 2.24) is 5.43 Å². The topological polar surface area (TPSA) is 74.0 Å². The van der Waals surface area contributed by atoms with E-state index in [1.165, 1.54) is 12.1 Å². The van der Waals surface area contributed by atoms with E-state index < -0.39 is 4.92 Å². The number of nitrogens with one attached hydrogen (secondary N) is 1. The van der Waals surface area contributed by atoms with Gasteiger partial charge in [0, 0.05) is 23.1 Å². The Morgan fingerprint density at radius 3 is 2.23 bits per heavy atom. The van der Waals surface area contributed by atoms with Crippen molar-refractivity contribution in [3.8, 4) is 0 Å². The zero-order valence-corrected chi connectivity index (χ0v) is 17.1. The van der Waals surface area contributed by atoms with Gasteiger partial charge in [0.05, 0.1) is 16.3 Å². The van der Waals surface area contributed by atoms with E-state index >= 15 is 0 Å². The van der Waals surface area contributed by atoms with E-state index in [2.05, 4.69) is 23.6 Å². The third-order valence-corrected chi connectivity index (χ3v) is 4.93. The lowest BCUT2D eigenvalue weighted by molar-refractivity contribution is -0.384. The minimum atomic E-state index is -0.410. The molecule has 0 fully saturated rings. The van der Waals surface area contributed by atoms with Crippen LogP contribution in [0.15, 0.2) is 102 Å². The van der Waals surface area contributed by atoms with Gasteiger partial charge in [-0.1, -0.05) is 66.7 Å². The summed E-state index contributed by atoms with van der Waals surface area (Å²) < 4.78 is 0. The molecule has 0 saturated carbocycles. The number of non-ortho nitro benzene ring substituents is 1. The number of halogens is 1. The molecule has 1 aliphatic heterocycles. The molecule has 5 rings (SSSR count). The molecule has 154 valence electrons. The van der Waals surface area contributed by atoms with E-state index in [4.69, 9.17) is 5.10 Å². The van der Waals surface area contributed by atoms with E-state index in [1.54, 1.807) is 17.3 Å². The van der Waals surface area contributed by atoms with Crippen molar-refractivity contribution in [3.05, 3.63) is 113 Å². The number of hydrazone groups is 1. The zero-order valence-electron chi connectivity index (χ0n) is 16.3. The van der Waals surface area contributed by atoms with Crippen LogP contribution in [0.5, 0.6) is 0 Å². The number of nitrogens with zero attached hydrogens (tertiary/aromatic N) is 4. The lowest BCUT2D eigenvalue weighted by Gasteiger charge is -2.28. The van der Waals surface area contributed by atoms with Crippen LogP contribution in [0, 0.1) is 10.1 Å². The summed E-state index contributed by atoms with van der Waals surface area (Å²) in [4.78, 5) is 10.6. The summed E-state index contributed by atoms with van der Waals surface area (Å²) in [6.07, 6.45) is 0. The second-order valence-electron chi connectivity index (χ2n) is 6.80. The fourth-order valence-corrected chi connectivity index (χ4v) is 3.46. The van der Waals surface area contributed by atoms with Crippen LogP contribution in [0.25, 0.3) is 10.8 Å². The van der Waals surface area contributed by atoms with E-state index in [9.17, 15) is 10.1 Å². The average Bonchev–Trinajstić information content (AvgIpc) is 3.24. The fraction of sp³-hybridized carbons (Fsp3) is 0. The van der Waals surface area contributed by atoms with E-state index in [0.29, 0.717) is 11.5 Å². The fourth-order valence-electron chi connectivity index (χ4n) is 3.46. The maximum atomic E-state index is 11.0. The van der Waals surface area contributed by atoms with Gasteiger partial charge >= 0.3 is 0 Å². The number of hydrogen-bond donors (Lipinski definition) is 1. The third kappa shape index (κ3) is 3.74. The van der Waals surface area contributed by atoms with Gasteiger partial charge in [-0.15, -0.1) is 17.5 Å². The Bertz CT molecular complexity index is 1260. The van der Waals surface area contributed by atoms with Crippen LogP contribution in [0.4, 0.5) is 17.1 Å². The molecular formula is C23H18ClN5O2. The molecule has 4 aromatic rings. The Kier molecular flexibility index (Phi) is 5.43. The summed E-state index contributed by atoms with van der Waals surface area (Å²) in [5, 5.41) is 21.5. The van der Waals surface area contributed by atoms with Crippen LogP contribution >= 0.6 is 12.4 Å². The van der Waals surface area contributed by atoms with Gasteiger partial charge in [-0.05, 0) is 23.6 Å². The molecule has 0 atom stereocenters. The Labute approximate surface area is 184 Å². The number of nitro groups is 1. The summed E-state index contributed by atoms with van der Waals surface area (Å²) in [5.74, 6) is 0.682. The van der Waals surface area contributed by atoms with E-state index in [-0.39, 0.29) is 18.1 Å². The van der Waals surface area contributed by atoms with Gasteiger partial charge in [-0.25, -0.2) is 0 Å². The molecule has 1 heterocycles. The quantitative estimate of drug-likeness (QED) is 0.351. The van der Waals surface area contributed by atoms with Crippen LogP contribution in [0.1, 0.15) is 5.56 Å². The molecule has 0 unspecified atom stereocenters. The largest absolute Gasteiger partial charge is 0.269 e. The van der Waals surface area contributed by atoms with Crippen molar-refractivity contribution in [2.75, 3.05) is 10.2 Å². The molecule has 0 saturated heterocycles. The first-order valence-corrected chi connectivity index (χ1v) is 9.44. The Balaban J connectivity index is 0.00000231. The van der Waals surface area contributed by atoms with Crippen molar-refractivity contribution in [2.24, 2.45) is 5.10 Å². The van der Waals surface area contributed by atoms with Crippen LogP contribution in [-0.2, 0) is 0 Å². The molecule has 8 heteroatoms. The summed E-state index contributed by atoms with van der Waals surface area (Å²) >= 11 is 0. The highest BCUT2D eigenvalue weighted by Gasteiger charge is 2.27. The van der Waals surface area contributed by atoms with Crippen LogP contribution < -0.4 is 15.7 Å². The highest BCUT2D eigenvalue weighted by Crippen LogP contribution is 2.32. The molecular weight excluding hydrogens is 414 g/mol. The zero-order chi connectivity index (χ0) is 20.5. The summed E-state index contributed by atoms with van der Waals surface area (Å²) in [7, 11) is 0. The average molecular weight is 432 g/mol. The van der Waals surface area contributed by atoms with Crippen LogP contribution in [0.3, 0.4) is 0 Å². The first-order chi connectivity index (χ1) is 14.7. The van der Waals surface area contributed by atoms with Crippen molar-refractivity contribution in [2.45, 2.75) is 0 Å². The molecule has 1 aliphatic rings. The molecule has 0 aliphatic carbocycles. The van der Waals surface area contributed by atoms with Crippen LogP contribution in [-0.4, -0.2) is 10.8 Å². The monoisotopic (exact) mass is 431 g/mol. The third-order valence-electron chi connectivity index (χ3n) is 4.93. The van der Waals surface area contributed by atoms with Gasteiger partial charge in [0.2, 0.25) is 0 Å². The molecule has 1 N–H and O–H groups in total. The number of amidine groups is 1. The van der Waals surface area contributed by atoms with E-state index in [1.807, 2.05) is 59.7 Å². The Morgan fingerprint density at radius 1 is 0.806 bits per heavy atom. The second kappa shape index (κ2) is 8.33. The number of benzene rings is 4. The first kappa shape index (κ1) is 20.2.